The van der Waals surface area contributed by atoms with Gasteiger partial charge in [-0.3, -0.25) is 15.5 Å². The fraction of sp³-hybridized carbons (Fsp3) is 0.188. The summed E-state index contributed by atoms with van der Waals surface area (Å²) in [4.78, 5) is 21.3. The maximum absolute atomic E-state index is 11.3. The average Bonchev–Trinajstić information content (AvgIpc) is 3.18. The van der Waals surface area contributed by atoms with Gasteiger partial charge in [-0.2, -0.15) is 5.10 Å². The second-order valence-corrected chi connectivity index (χ2v) is 6.78. The van der Waals surface area contributed by atoms with Crippen molar-refractivity contribution in [2.24, 2.45) is 5.10 Å². The molecule has 0 bridgehead atoms. The van der Waals surface area contributed by atoms with Crippen LogP contribution in [0.2, 0.25) is 0 Å². The normalized spacial score (nSPS) is 12.8. The largest absolute Gasteiger partial charge is 0.454 e. The van der Waals surface area contributed by atoms with Crippen LogP contribution in [-0.2, 0) is 0 Å². The molecule has 1 aliphatic rings. The van der Waals surface area contributed by atoms with Gasteiger partial charge in [-0.1, -0.05) is 0 Å². The molecule has 10 heteroatoms. The van der Waals surface area contributed by atoms with Crippen molar-refractivity contribution >= 4 is 39.3 Å². The molecule has 132 valence electrons. The Morgan fingerprint density at radius 2 is 2.08 bits per heavy atom. The topological polar surface area (TPSA) is 112 Å². The summed E-state index contributed by atoms with van der Waals surface area (Å²) >= 11 is 1.58. The molecule has 26 heavy (non-hydrogen) atoms. The van der Waals surface area contributed by atoms with Crippen LogP contribution in [-0.4, -0.2) is 27.9 Å². The Labute approximate surface area is 151 Å². The number of aromatic nitrogens is 2. The number of rotatable bonds is 4. The number of ether oxygens (including phenoxy) is 2. The molecule has 1 N–H and O–H groups in total. The molecule has 4 rings (SSSR count). The Morgan fingerprint density at radius 1 is 1.31 bits per heavy atom. The molecule has 3 aromatic rings. The van der Waals surface area contributed by atoms with E-state index in [9.17, 15) is 10.1 Å². The first-order valence-electron chi connectivity index (χ1n) is 7.62. The van der Waals surface area contributed by atoms with Gasteiger partial charge in [0.05, 0.1) is 28.2 Å². The summed E-state index contributed by atoms with van der Waals surface area (Å²) in [6.45, 7) is 4.06. The van der Waals surface area contributed by atoms with Crippen LogP contribution in [0.3, 0.4) is 0 Å². The van der Waals surface area contributed by atoms with Crippen molar-refractivity contribution in [1.82, 2.24) is 9.97 Å². The molecule has 2 aromatic heterocycles. The van der Waals surface area contributed by atoms with E-state index in [1.165, 1.54) is 24.7 Å². The average molecular weight is 371 g/mol. The van der Waals surface area contributed by atoms with Gasteiger partial charge in [0, 0.05) is 4.88 Å². The summed E-state index contributed by atoms with van der Waals surface area (Å²) < 4.78 is 10.4. The van der Waals surface area contributed by atoms with Crippen LogP contribution >= 0.6 is 11.3 Å². The SMILES string of the molecule is Cc1sc2ncnc(NN=Cc3cc4c(cc3[N+](=O)[O-])OCO4)c2c1C. The Bertz CT molecular complexity index is 1060. The highest BCUT2D eigenvalue weighted by Crippen LogP contribution is 2.37. The molecule has 0 amide bonds. The smallest absolute Gasteiger partial charge is 0.282 e. The van der Waals surface area contributed by atoms with Crippen LogP contribution in [0.4, 0.5) is 11.5 Å². The molecular formula is C16H13N5O4S. The zero-order valence-electron chi connectivity index (χ0n) is 13.8. The fourth-order valence-electron chi connectivity index (χ4n) is 2.64. The molecule has 0 aliphatic carbocycles. The molecule has 1 aliphatic heterocycles. The number of nitro groups is 1. The minimum absolute atomic E-state index is 0.0427. The van der Waals surface area contributed by atoms with Gasteiger partial charge in [-0.05, 0) is 25.5 Å². The van der Waals surface area contributed by atoms with Crippen molar-refractivity contribution in [2.45, 2.75) is 13.8 Å². The van der Waals surface area contributed by atoms with Crippen molar-refractivity contribution in [1.29, 1.82) is 0 Å². The zero-order chi connectivity index (χ0) is 18.3. The van der Waals surface area contributed by atoms with Crippen molar-refractivity contribution < 1.29 is 14.4 Å². The molecule has 0 radical (unpaired) electrons. The minimum Gasteiger partial charge on any atom is -0.454 e. The van der Waals surface area contributed by atoms with Crippen molar-refractivity contribution in [2.75, 3.05) is 12.2 Å². The zero-order valence-corrected chi connectivity index (χ0v) is 14.7. The van der Waals surface area contributed by atoms with E-state index in [1.54, 1.807) is 11.3 Å². The molecule has 0 spiro atoms. The monoisotopic (exact) mass is 371 g/mol. The van der Waals surface area contributed by atoms with Gasteiger partial charge in [0.25, 0.3) is 5.69 Å². The Balaban J connectivity index is 1.67. The molecule has 3 heterocycles. The lowest BCUT2D eigenvalue weighted by Crippen LogP contribution is -1.98. The summed E-state index contributed by atoms with van der Waals surface area (Å²) in [5.74, 6) is 1.35. The van der Waals surface area contributed by atoms with Crippen LogP contribution < -0.4 is 14.9 Å². The highest BCUT2D eigenvalue weighted by molar-refractivity contribution is 7.18. The lowest BCUT2D eigenvalue weighted by Gasteiger charge is -2.03. The number of hydrazone groups is 1. The van der Waals surface area contributed by atoms with Gasteiger partial charge in [0.15, 0.2) is 17.3 Å². The summed E-state index contributed by atoms with van der Waals surface area (Å²) in [5, 5.41) is 16.3. The molecule has 0 saturated carbocycles. The number of nitrogens with one attached hydrogen (secondary N) is 1. The van der Waals surface area contributed by atoms with E-state index < -0.39 is 4.92 Å². The Hall–Kier alpha value is -3.27. The third-order valence-electron chi connectivity index (χ3n) is 4.06. The molecule has 9 nitrogen and oxygen atoms in total. The summed E-state index contributed by atoms with van der Waals surface area (Å²) in [6.07, 6.45) is 2.82. The number of hydrogen-bond acceptors (Lipinski definition) is 9. The highest BCUT2D eigenvalue weighted by atomic mass is 32.1. The standard InChI is InChI=1S/C16H13N5O4S/c1-8-9(2)26-16-14(8)15(17-6-18-16)20-19-5-10-3-12-13(25-7-24-12)4-11(10)21(22)23/h3-6H,7H2,1-2H3,(H,17,18,20). The molecule has 0 atom stereocenters. The van der Waals surface area contributed by atoms with Gasteiger partial charge in [-0.25, -0.2) is 9.97 Å². The second-order valence-electron chi connectivity index (χ2n) is 5.58. The van der Waals surface area contributed by atoms with Gasteiger partial charge in [0.1, 0.15) is 11.2 Å². The molecule has 0 saturated heterocycles. The molecular weight excluding hydrogens is 358 g/mol. The maximum atomic E-state index is 11.3. The van der Waals surface area contributed by atoms with E-state index >= 15 is 0 Å². The third-order valence-corrected chi connectivity index (χ3v) is 5.17. The minimum atomic E-state index is -0.488. The number of nitro benzene ring substituents is 1. The molecule has 0 fully saturated rings. The van der Waals surface area contributed by atoms with E-state index in [-0.39, 0.29) is 12.5 Å². The lowest BCUT2D eigenvalue weighted by molar-refractivity contribution is -0.385. The van der Waals surface area contributed by atoms with Crippen LogP contribution in [0.5, 0.6) is 11.5 Å². The van der Waals surface area contributed by atoms with Crippen molar-refractivity contribution in [3.05, 3.63) is 44.6 Å². The first-order chi connectivity index (χ1) is 12.5. The predicted molar refractivity (Wildman–Crippen MR) is 97.3 cm³/mol. The quantitative estimate of drug-likeness (QED) is 0.425. The molecule has 0 unspecified atom stereocenters. The Kier molecular flexibility index (Phi) is 3.88. The van der Waals surface area contributed by atoms with Crippen LogP contribution in [0.25, 0.3) is 10.2 Å². The first-order valence-corrected chi connectivity index (χ1v) is 8.44. The number of fused-ring (bicyclic) bond motifs is 2. The number of thiophene rings is 1. The number of nitrogens with zero attached hydrogens (tertiary/aromatic N) is 4. The third kappa shape index (κ3) is 2.69. The number of aryl methyl sites for hydroxylation is 2. The predicted octanol–water partition coefficient (Wildman–Crippen LogP) is 3.39. The van der Waals surface area contributed by atoms with E-state index in [0.29, 0.717) is 22.9 Å². The van der Waals surface area contributed by atoms with E-state index in [1.807, 2.05) is 13.8 Å². The number of benzene rings is 1. The summed E-state index contributed by atoms with van der Waals surface area (Å²) in [6, 6.07) is 2.86. The lowest BCUT2D eigenvalue weighted by atomic mass is 10.1. The fourth-order valence-corrected chi connectivity index (χ4v) is 3.64. The van der Waals surface area contributed by atoms with Crippen molar-refractivity contribution in [3.8, 4) is 11.5 Å². The molecule has 1 aromatic carbocycles. The number of anilines is 1. The summed E-state index contributed by atoms with van der Waals surface area (Å²) in [7, 11) is 0. The van der Waals surface area contributed by atoms with Crippen LogP contribution in [0.1, 0.15) is 16.0 Å². The maximum Gasteiger partial charge on any atom is 0.282 e. The number of hydrogen-bond donors (Lipinski definition) is 1. The van der Waals surface area contributed by atoms with Gasteiger partial charge >= 0.3 is 0 Å². The van der Waals surface area contributed by atoms with Gasteiger partial charge in [-0.15, -0.1) is 11.3 Å². The van der Waals surface area contributed by atoms with E-state index in [2.05, 4.69) is 20.5 Å². The van der Waals surface area contributed by atoms with Crippen LogP contribution in [0, 0.1) is 24.0 Å². The highest BCUT2D eigenvalue weighted by Gasteiger charge is 2.22. The second kappa shape index (κ2) is 6.23. The first kappa shape index (κ1) is 16.2. The van der Waals surface area contributed by atoms with Crippen molar-refractivity contribution in [3.63, 3.8) is 0 Å². The van der Waals surface area contributed by atoms with E-state index in [0.717, 1.165) is 20.7 Å². The Morgan fingerprint density at radius 3 is 2.85 bits per heavy atom. The van der Waals surface area contributed by atoms with Gasteiger partial charge in [0.2, 0.25) is 6.79 Å². The van der Waals surface area contributed by atoms with E-state index in [4.69, 9.17) is 9.47 Å². The van der Waals surface area contributed by atoms with Crippen LogP contribution in [0.15, 0.2) is 23.6 Å². The summed E-state index contributed by atoms with van der Waals surface area (Å²) in [5.41, 5.74) is 4.12. The van der Waals surface area contributed by atoms with Gasteiger partial charge < -0.3 is 9.47 Å².